The van der Waals surface area contributed by atoms with Crippen LogP contribution in [0.4, 0.5) is 0 Å². The van der Waals surface area contributed by atoms with Crippen LogP contribution in [0.3, 0.4) is 0 Å². The molecule has 9 heteroatoms. The highest BCUT2D eigenvalue weighted by Crippen LogP contribution is 2.39. The molecule has 1 aliphatic heterocycles. The van der Waals surface area contributed by atoms with E-state index in [1.54, 1.807) is 18.2 Å². The Labute approximate surface area is 175 Å². The molecule has 2 aromatic rings. The fraction of sp³-hybridized carbons (Fsp3) is 0.150. The summed E-state index contributed by atoms with van der Waals surface area (Å²) in [6.45, 7) is -0.334. The molecule has 0 aliphatic carbocycles. The molecule has 0 bridgehead atoms. The number of methoxy groups -OCH3 is 2. The first-order chi connectivity index (χ1) is 13.9. The third-order valence-corrected chi connectivity index (χ3v) is 4.56. The van der Waals surface area contributed by atoms with Crippen LogP contribution in [0.1, 0.15) is 11.1 Å². The molecule has 3 rings (SSSR count). The van der Waals surface area contributed by atoms with Crippen LogP contribution in [0.15, 0.2) is 51.6 Å². The summed E-state index contributed by atoms with van der Waals surface area (Å²) in [5.74, 6) is -0.181. The van der Waals surface area contributed by atoms with E-state index >= 15 is 0 Å². The van der Waals surface area contributed by atoms with Crippen LogP contribution in [0, 0.1) is 0 Å². The number of halogens is 1. The molecule has 0 radical (unpaired) electrons. The van der Waals surface area contributed by atoms with Gasteiger partial charge in [-0.25, -0.2) is 9.79 Å². The lowest BCUT2D eigenvalue weighted by Gasteiger charge is -2.14. The average molecular weight is 461 g/mol. The van der Waals surface area contributed by atoms with E-state index in [1.807, 2.05) is 18.2 Å². The smallest absolute Gasteiger partial charge is 0.363 e. The van der Waals surface area contributed by atoms with Gasteiger partial charge in [0.25, 0.3) is 5.91 Å². The SMILES string of the molecule is COc1cc(/C=C2\N=C(c3ccccc3Br)OC2=O)cc(OC)c1OCC(N)=O. The first-order valence-electron chi connectivity index (χ1n) is 8.37. The molecule has 0 saturated heterocycles. The van der Waals surface area contributed by atoms with Crippen LogP contribution >= 0.6 is 15.9 Å². The Kier molecular flexibility index (Phi) is 6.18. The second-order valence-corrected chi connectivity index (χ2v) is 6.68. The minimum atomic E-state index is -0.636. The molecule has 0 atom stereocenters. The van der Waals surface area contributed by atoms with Gasteiger partial charge in [0.1, 0.15) is 0 Å². The highest BCUT2D eigenvalue weighted by atomic mass is 79.9. The maximum atomic E-state index is 12.3. The Balaban J connectivity index is 1.98. The van der Waals surface area contributed by atoms with Crippen molar-refractivity contribution in [1.82, 2.24) is 0 Å². The van der Waals surface area contributed by atoms with E-state index in [-0.39, 0.29) is 24.0 Å². The molecular formula is C20H17BrN2O6. The second kappa shape index (κ2) is 8.78. The van der Waals surface area contributed by atoms with E-state index in [9.17, 15) is 9.59 Å². The summed E-state index contributed by atoms with van der Waals surface area (Å²) in [6.07, 6.45) is 1.54. The number of rotatable bonds is 7. The van der Waals surface area contributed by atoms with Gasteiger partial charge < -0.3 is 24.7 Å². The van der Waals surface area contributed by atoms with Gasteiger partial charge in [0.2, 0.25) is 11.6 Å². The van der Waals surface area contributed by atoms with Crippen molar-refractivity contribution in [3.05, 3.63) is 57.7 Å². The van der Waals surface area contributed by atoms with Gasteiger partial charge in [0.05, 0.1) is 19.8 Å². The van der Waals surface area contributed by atoms with Crippen molar-refractivity contribution >= 4 is 39.8 Å². The molecule has 1 amide bonds. The normalized spacial score (nSPS) is 14.4. The fourth-order valence-electron chi connectivity index (χ4n) is 2.59. The summed E-state index contributed by atoms with van der Waals surface area (Å²) in [5.41, 5.74) is 6.47. The Morgan fingerprint density at radius 3 is 2.45 bits per heavy atom. The van der Waals surface area contributed by atoms with Gasteiger partial charge in [-0.1, -0.05) is 12.1 Å². The van der Waals surface area contributed by atoms with Gasteiger partial charge in [-0.2, -0.15) is 0 Å². The molecule has 0 unspecified atom stereocenters. The van der Waals surface area contributed by atoms with Gasteiger partial charge in [0, 0.05) is 4.47 Å². The summed E-state index contributed by atoms with van der Waals surface area (Å²) >= 11 is 3.41. The van der Waals surface area contributed by atoms with Gasteiger partial charge in [0.15, 0.2) is 23.8 Å². The van der Waals surface area contributed by atoms with E-state index < -0.39 is 11.9 Å². The molecule has 2 aromatic carbocycles. The second-order valence-electron chi connectivity index (χ2n) is 5.83. The third kappa shape index (κ3) is 4.57. The number of benzene rings is 2. The number of hydrogen-bond acceptors (Lipinski definition) is 7. The van der Waals surface area contributed by atoms with Crippen LogP contribution < -0.4 is 19.9 Å². The predicted octanol–water partition coefficient (Wildman–Crippen LogP) is 2.67. The zero-order chi connectivity index (χ0) is 21.0. The lowest BCUT2D eigenvalue weighted by molar-refractivity contribution is -0.130. The number of carbonyl (C=O) groups is 2. The number of ether oxygens (including phenoxy) is 4. The molecule has 29 heavy (non-hydrogen) atoms. The Hall–Kier alpha value is -3.33. The summed E-state index contributed by atoms with van der Waals surface area (Å²) in [4.78, 5) is 27.6. The van der Waals surface area contributed by atoms with E-state index in [0.717, 1.165) is 4.47 Å². The standard InChI is InChI=1S/C20H17BrN2O6/c1-26-15-8-11(9-16(27-2)18(15)28-10-17(22)24)7-14-20(25)29-19(23-14)12-5-3-4-6-13(12)21/h3-9H,10H2,1-2H3,(H2,22,24)/b14-7-. The number of cyclic esters (lactones) is 1. The molecular weight excluding hydrogens is 444 g/mol. The Morgan fingerprint density at radius 2 is 1.86 bits per heavy atom. The number of hydrogen-bond donors (Lipinski definition) is 1. The first-order valence-corrected chi connectivity index (χ1v) is 9.16. The van der Waals surface area contributed by atoms with Crippen LogP contribution in [-0.2, 0) is 14.3 Å². The summed E-state index contributed by atoms with van der Waals surface area (Å²) < 4.78 is 22.0. The molecule has 0 aromatic heterocycles. The van der Waals surface area contributed by atoms with Crippen LogP contribution in [-0.4, -0.2) is 38.6 Å². The van der Waals surface area contributed by atoms with Crippen LogP contribution in [0.5, 0.6) is 17.2 Å². The largest absolute Gasteiger partial charge is 0.493 e. The fourth-order valence-corrected chi connectivity index (χ4v) is 3.04. The molecule has 0 spiro atoms. The quantitative estimate of drug-likeness (QED) is 0.502. The van der Waals surface area contributed by atoms with Crippen molar-refractivity contribution in [2.24, 2.45) is 10.7 Å². The van der Waals surface area contributed by atoms with Gasteiger partial charge in [-0.15, -0.1) is 0 Å². The van der Waals surface area contributed by atoms with E-state index in [4.69, 9.17) is 24.7 Å². The number of nitrogens with two attached hydrogens (primary N) is 1. The van der Waals surface area contributed by atoms with Gasteiger partial charge in [-0.05, 0) is 51.8 Å². The first kappa shape index (κ1) is 20.4. The molecule has 150 valence electrons. The lowest BCUT2D eigenvalue weighted by atomic mass is 10.1. The summed E-state index contributed by atoms with van der Waals surface area (Å²) in [6, 6.07) is 10.5. The number of aliphatic imine (C=N–C) groups is 1. The van der Waals surface area contributed by atoms with Crippen molar-refractivity contribution in [3.8, 4) is 17.2 Å². The van der Waals surface area contributed by atoms with Crippen molar-refractivity contribution in [3.63, 3.8) is 0 Å². The summed E-state index contributed by atoms with van der Waals surface area (Å²) in [5, 5.41) is 0. The van der Waals surface area contributed by atoms with Crippen molar-refractivity contribution in [1.29, 1.82) is 0 Å². The molecule has 2 N–H and O–H groups in total. The Morgan fingerprint density at radius 1 is 1.21 bits per heavy atom. The van der Waals surface area contributed by atoms with E-state index in [2.05, 4.69) is 20.9 Å². The zero-order valence-corrected chi connectivity index (χ0v) is 17.2. The van der Waals surface area contributed by atoms with Gasteiger partial charge in [-0.3, -0.25) is 4.79 Å². The number of primary amides is 1. The zero-order valence-electron chi connectivity index (χ0n) is 15.6. The highest BCUT2D eigenvalue weighted by Gasteiger charge is 2.26. The van der Waals surface area contributed by atoms with E-state index in [1.165, 1.54) is 20.3 Å². The molecule has 8 nitrogen and oxygen atoms in total. The minimum Gasteiger partial charge on any atom is -0.493 e. The maximum Gasteiger partial charge on any atom is 0.363 e. The van der Waals surface area contributed by atoms with Crippen molar-refractivity contribution < 1.29 is 28.5 Å². The van der Waals surface area contributed by atoms with Crippen LogP contribution in [0.2, 0.25) is 0 Å². The molecule has 0 saturated carbocycles. The number of esters is 1. The minimum absolute atomic E-state index is 0.116. The van der Waals surface area contributed by atoms with Crippen molar-refractivity contribution in [2.75, 3.05) is 20.8 Å². The summed E-state index contributed by atoms with van der Waals surface area (Å²) in [7, 11) is 2.88. The topological polar surface area (TPSA) is 109 Å². The molecule has 1 aliphatic rings. The maximum absolute atomic E-state index is 12.3. The van der Waals surface area contributed by atoms with E-state index in [0.29, 0.717) is 22.6 Å². The molecule has 1 heterocycles. The number of carbonyl (C=O) groups excluding carboxylic acids is 2. The lowest BCUT2D eigenvalue weighted by Crippen LogP contribution is -2.20. The van der Waals surface area contributed by atoms with Crippen LogP contribution in [0.25, 0.3) is 6.08 Å². The number of amides is 1. The number of nitrogens with zero attached hydrogens (tertiary/aromatic N) is 1. The predicted molar refractivity (Wildman–Crippen MR) is 109 cm³/mol. The van der Waals surface area contributed by atoms with Crippen molar-refractivity contribution in [2.45, 2.75) is 0 Å². The van der Waals surface area contributed by atoms with Gasteiger partial charge >= 0.3 is 5.97 Å². The average Bonchev–Trinajstić information content (AvgIpc) is 3.06. The molecule has 0 fully saturated rings. The third-order valence-electron chi connectivity index (χ3n) is 3.87. The monoisotopic (exact) mass is 460 g/mol. The highest BCUT2D eigenvalue weighted by molar-refractivity contribution is 9.10. The Bertz CT molecular complexity index is 1010.